The van der Waals surface area contributed by atoms with Crippen molar-refractivity contribution in [3.8, 4) is 11.5 Å². The summed E-state index contributed by atoms with van der Waals surface area (Å²) in [6.45, 7) is 4.05. The average Bonchev–Trinajstić information content (AvgIpc) is 2.65. The molecule has 0 aliphatic carbocycles. The number of methoxy groups -OCH3 is 1. The Labute approximate surface area is 166 Å². The van der Waals surface area contributed by atoms with Gasteiger partial charge in [-0.05, 0) is 42.2 Å². The smallest absolute Gasteiger partial charge is 0.262 e. The summed E-state index contributed by atoms with van der Waals surface area (Å²) in [5, 5.41) is 2.70. The van der Waals surface area contributed by atoms with Gasteiger partial charge < -0.3 is 14.8 Å². The van der Waals surface area contributed by atoms with Crippen molar-refractivity contribution in [1.82, 2.24) is 0 Å². The summed E-state index contributed by atoms with van der Waals surface area (Å²) in [4.78, 5) is 12.3. The maximum absolute atomic E-state index is 12.3. The zero-order valence-corrected chi connectivity index (χ0v) is 17.3. The van der Waals surface area contributed by atoms with Gasteiger partial charge in [0.25, 0.3) is 5.91 Å². The Morgan fingerprint density at radius 1 is 1.14 bits per heavy atom. The second kappa shape index (κ2) is 9.45. The van der Waals surface area contributed by atoms with E-state index < -0.39 is 10.0 Å². The molecule has 0 bridgehead atoms. The van der Waals surface area contributed by atoms with Gasteiger partial charge in [0.15, 0.2) is 6.61 Å². The third kappa shape index (κ3) is 6.16. The van der Waals surface area contributed by atoms with Crippen LogP contribution in [0.3, 0.4) is 0 Å². The number of carbonyl (C=O) groups is 1. The van der Waals surface area contributed by atoms with Gasteiger partial charge >= 0.3 is 0 Å². The number of para-hydroxylation sites is 1. The van der Waals surface area contributed by atoms with Crippen LogP contribution in [0.1, 0.15) is 31.7 Å². The molecule has 0 aliphatic heterocycles. The first-order chi connectivity index (χ1) is 13.2. The number of hydrogen-bond acceptors (Lipinski definition) is 5. The van der Waals surface area contributed by atoms with Crippen LogP contribution in [-0.4, -0.2) is 34.3 Å². The molecule has 1 amide bonds. The molecule has 1 unspecified atom stereocenters. The van der Waals surface area contributed by atoms with Crippen molar-refractivity contribution in [2.75, 3.05) is 30.0 Å². The number of amides is 1. The van der Waals surface area contributed by atoms with Crippen LogP contribution < -0.4 is 19.5 Å². The Bertz CT molecular complexity index is 928. The van der Waals surface area contributed by atoms with Crippen molar-refractivity contribution < 1.29 is 22.7 Å². The number of rotatable bonds is 9. The summed E-state index contributed by atoms with van der Waals surface area (Å²) in [6.07, 6.45) is 2.01. The molecule has 0 saturated carbocycles. The normalized spacial score (nSPS) is 12.1. The molecule has 8 heteroatoms. The minimum absolute atomic E-state index is 0.158. The number of nitrogens with one attached hydrogen (secondary N) is 2. The Kier molecular flexibility index (Phi) is 7.28. The van der Waals surface area contributed by atoms with Gasteiger partial charge in [-0.1, -0.05) is 32.0 Å². The number of hydrogen-bond donors (Lipinski definition) is 2. The summed E-state index contributed by atoms with van der Waals surface area (Å²) in [5.74, 6) is 1.00. The van der Waals surface area contributed by atoms with Crippen molar-refractivity contribution in [2.45, 2.75) is 26.2 Å². The maximum Gasteiger partial charge on any atom is 0.262 e. The molecule has 0 saturated heterocycles. The van der Waals surface area contributed by atoms with Crippen molar-refractivity contribution in [3.05, 3.63) is 48.0 Å². The largest absolute Gasteiger partial charge is 0.495 e. The highest BCUT2D eigenvalue weighted by molar-refractivity contribution is 7.92. The van der Waals surface area contributed by atoms with Gasteiger partial charge in [-0.25, -0.2) is 8.42 Å². The number of benzene rings is 2. The van der Waals surface area contributed by atoms with Gasteiger partial charge in [-0.3, -0.25) is 9.52 Å². The van der Waals surface area contributed by atoms with Gasteiger partial charge in [-0.15, -0.1) is 0 Å². The van der Waals surface area contributed by atoms with Crippen molar-refractivity contribution in [2.24, 2.45) is 0 Å². The summed E-state index contributed by atoms with van der Waals surface area (Å²) >= 11 is 0. The fourth-order valence-corrected chi connectivity index (χ4v) is 3.20. The number of sulfonamides is 1. The molecule has 0 heterocycles. The Hall–Kier alpha value is -2.74. The zero-order valence-electron chi connectivity index (χ0n) is 16.5. The summed E-state index contributed by atoms with van der Waals surface area (Å²) in [5.41, 5.74) is 1.73. The van der Waals surface area contributed by atoms with Crippen molar-refractivity contribution >= 4 is 27.3 Å². The highest BCUT2D eigenvalue weighted by atomic mass is 32.2. The molecule has 7 nitrogen and oxygen atoms in total. The molecule has 2 N–H and O–H groups in total. The monoisotopic (exact) mass is 406 g/mol. The lowest BCUT2D eigenvalue weighted by molar-refractivity contribution is -0.118. The van der Waals surface area contributed by atoms with E-state index in [4.69, 9.17) is 9.47 Å². The summed E-state index contributed by atoms with van der Waals surface area (Å²) in [6, 6.07) is 12.3. The van der Waals surface area contributed by atoms with Gasteiger partial charge in [0.05, 0.1) is 19.1 Å². The van der Waals surface area contributed by atoms with E-state index in [0.29, 0.717) is 23.1 Å². The second-order valence-corrected chi connectivity index (χ2v) is 8.22. The predicted octanol–water partition coefficient (Wildman–Crippen LogP) is 3.60. The predicted molar refractivity (Wildman–Crippen MR) is 111 cm³/mol. The van der Waals surface area contributed by atoms with E-state index in [1.807, 2.05) is 24.3 Å². The molecule has 1 atom stereocenters. The Morgan fingerprint density at radius 2 is 1.86 bits per heavy atom. The minimum Gasteiger partial charge on any atom is -0.495 e. The number of carbonyl (C=O) groups excluding carboxylic acids is 1. The molecule has 0 fully saturated rings. The third-order valence-corrected chi connectivity index (χ3v) is 4.79. The fourth-order valence-electron chi connectivity index (χ4n) is 2.64. The highest BCUT2D eigenvalue weighted by Crippen LogP contribution is 2.29. The van der Waals surface area contributed by atoms with Gasteiger partial charge in [0.1, 0.15) is 11.5 Å². The molecular weight excluding hydrogens is 380 g/mol. The second-order valence-electron chi connectivity index (χ2n) is 6.47. The van der Waals surface area contributed by atoms with Gasteiger partial charge in [-0.2, -0.15) is 0 Å². The topological polar surface area (TPSA) is 93.7 Å². The van der Waals surface area contributed by atoms with E-state index in [0.717, 1.165) is 18.2 Å². The van der Waals surface area contributed by atoms with E-state index in [1.165, 1.54) is 13.2 Å². The van der Waals surface area contributed by atoms with E-state index in [9.17, 15) is 13.2 Å². The molecule has 2 rings (SSSR count). The third-order valence-electron chi connectivity index (χ3n) is 4.20. The fraction of sp³-hybridized carbons (Fsp3) is 0.350. The Balaban J connectivity index is 2.07. The van der Waals surface area contributed by atoms with Crippen LogP contribution in [0.2, 0.25) is 0 Å². The van der Waals surface area contributed by atoms with Gasteiger partial charge in [0, 0.05) is 5.69 Å². The molecule has 0 aromatic heterocycles. The average molecular weight is 407 g/mol. The number of ether oxygens (including phenoxy) is 2. The standard InChI is InChI=1S/C20H26N2O5S/c1-5-14(2)16-8-6-7-9-18(16)27-13-20(23)21-15-10-11-19(26-3)17(12-15)22-28(4,24)25/h6-12,14,22H,5,13H2,1-4H3,(H,21,23). The lowest BCUT2D eigenvalue weighted by Crippen LogP contribution is -2.21. The molecule has 28 heavy (non-hydrogen) atoms. The van der Waals surface area contributed by atoms with E-state index in [2.05, 4.69) is 23.9 Å². The lowest BCUT2D eigenvalue weighted by Gasteiger charge is -2.16. The first kappa shape index (κ1) is 21.6. The Morgan fingerprint density at radius 3 is 2.50 bits per heavy atom. The minimum atomic E-state index is -3.48. The quantitative estimate of drug-likeness (QED) is 0.664. The summed E-state index contributed by atoms with van der Waals surface area (Å²) < 4.78 is 36.2. The maximum atomic E-state index is 12.3. The van der Waals surface area contributed by atoms with Crippen LogP contribution in [-0.2, 0) is 14.8 Å². The van der Waals surface area contributed by atoms with Gasteiger partial charge in [0.2, 0.25) is 10.0 Å². The first-order valence-corrected chi connectivity index (χ1v) is 10.8. The van der Waals surface area contributed by atoms with E-state index in [-0.39, 0.29) is 18.2 Å². The first-order valence-electron chi connectivity index (χ1n) is 8.91. The zero-order chi connectivity index (χ0) is 20.7. The van der Waals surface area contributed by atoms with Crippen LogP contribution in [0.5, 0.6) is 11.5 Å². The molecular formula is C20H26N2O5S. The number of anilines is 2. The SMILES string of the molecule is CCC(C)c1ccccc1OCC(=O)Nc1ccc(OC)c(NS(C)(=O)=O)c1. The van der Waals surface area contributed by atoms with Crippen molar-refractivity contribution in [3.63, 3.8) is 0 Å². The highest BCUT2D eigenvalue weighted by Gasteiger charge is 2.13. The summed E-state index contributed by atoms with van der Waals surface area (Å²) in [7, 11) is -2.05. The van der Waals surface area contributed by atoms with Crippen LogP contribution in [0.4, 0.5) is 11.4 Å². The van der Waals surface area contributed by atoms with Crippen LogP contribution in [0.15, 0.2) is 42.5 Å². The van der Waals surface area contributed by atoms with Crippen LogP contribution in [0.25, 0.3) is 0 Å². The van der Waals surface area contributed by atoms with E-state index in [1.54, 1.807) is 12.1 Å². The van der Waals surface area contributed by atoms with E-state index >= 15 is 0 Å². The molecule has 0 spiro atoms. The molecule has 152 valence electrons. The van der Waals surface area contributed by atoms with Crippen LogP contribution in [0, 0.1) is 0 Å². The molecule has 2 aromatic rings. The van der Waals surface area contributed by atoms with Crippen LogP contribution >= 0.6 is 0 Å². The molecule has 0 aliphatic rings. The molecule has 2 aromatic carbocycles. The molecule has 0 radical (unpaired) electrons. The van der Waals surface area contributed by atoms with Crippen molar-refractivity contribution in [1.29, 1.82) is 0 Å². The lowest BCUT2D eigenvalue weighted by atomic mass is 9.98.